The Morgan fingerprint density at radius 2 is 2.18 bits per heavy atom. The zero-order valence-corrected chi connectivity index (χ0v) is 9.40. The van der Waals surface area contributed by atoms with Gasteiger partial charge in [-0.25, -0.2) is 4.98 Å². The topological polar surface area (TPSA) is 70.1 Å². The third-order valence-electron chi connectivity index (χ3n) is 2.77. The van der Waals surface area contributed by atoms with Gasteiger partial charge < -0.3 is 10.3 Å². The number of aromatic nitrogens is 2. The van der Waals surface area contributed by atoms with E-state index >= 15 is 0 Å². The number of imidazole rings is 1. The largest absolute Gasteiger partial charge is 0.342 e. The van der Waals surface area contributed by atoms with Crippen molar-refractivity contribution in [3.8, 4) is 0 Å². The molecular weight excluding hydrogens is 216 g/mol. The number of benzene rings is 1. The van der Waals surface area contributed by atoms with Crippen molar-refractivity contribution in [2.45, 2.75) is 19.4 Å². The van der Waals surface area contributed by atoms with E-state index in [4.69, 9.17) is 0 Å². The van der Waals surface area contributed by atoms with Crippen molar-refractivity contribution in [1.82, 2.24) is 15.3 Å². The van der Waals surface area contributed by atoms with E-state index in [1.165, 1.54) is 0 Å². The number of H-pyrrole nitrogens is 1. The lowest BCUT2D eigenvalue weighted by molar-refractivity contribution is -0.119. The van der Waals surface area contributed by atoms with Gasteiger partial charge in [0.05, 0.1) is 17.5 Å². The Balaban J connectivity index is 1.86. The second-order valence-corrected chi connectivity index (χ2v) is 4.12. The number of amides is 1. The lowest BCUT2D eigenvalue weighted by Gasteiger charge is -1.96. The Morgan fingerprint density at radius 1 is 1.35 bits per heavy atom. The first-order chi connectivity index (χ1) is 8.22. The highest BCUT2D eigenvalue weighted by Gasteiger charge is 2.22. The maximum atomic E-state index is 11.3. The van der Waals surface area contributed by atoms with Crippen molar-refractivity contribution < 1.29 is 4.79 Å². The fourth-order valence-corrected chi connectivity index (χ4v) is 1.91. The number of aliphatic imine (C=N–C) groups is 1. The molecule has 1 atom stereocenters. The Morgan fingerprint density at radius 3 is 2.88 bits per heavy atom. The Labute approximate surface area is 98.0 Å². The van der Waals surface area contributed by atoms with Crippen LogP contribution in [0.25, 0.3) is 11.0 Å². The van der Waals surface area contributed by atoms with Crippen LogP contribution in [0.5, 0.6) is 0 Å². The van der Waals surface area contributed by atoms with Gasteiger partial charge in [-0.05, 0) is 19.1 Å². The number of nitrogens with zero attached hydrogens (tertiary/aromatic N) is 2. The van der Waals surface area contributed by atoms with Crippen molar-refractivity contribution >= 4 is 22.8 Å². The standard InChI is InChI=1S/C12H12N4O/c1-7-12(17)16-10(13-7)6-11-14-8-4-2-3-5-9(8)15-11/h2-5,7H,6H2,1H3,(H,14,15)(H,13,16,17). The fraction of sp³-hybridized carbons (Fsp3) is 0.250. The molecule has 2 heterocycles. The van der Waals surface area contributed by atoms with E-state index in [1.54, 1.807) is 6.92 Å². The summed E-state index contributed by atoms with van der Waals surface area (Å²) < 4.78 is 0. The van der Waals surface area contributed by atoms with Gasteiger partial charge in [-0.3, -0.25) is 9.79 Å². The molecule has 0 fully saturated rings. The quantitative estimate of drug-likeness (QED) is 0.805. The average molecular weight is 228 g/mol. The number of carbonyl (C=O) groups excluding carboxylic acids is 1. The number of aromatic amines is 1. The highest BCUT2D eigenvalue weighted by molar-refractivity contribution is 6.06. The van der Waals surface area contributed by atoms with E-state index in [0.29, 0.717) is 12.3 Å². The number of hydrogen-bond donors (Lipinski definition) is 2. The van der Waals surface area contributed by atoms with Gasteiger partial charge in [0.25, 0.3) is 0 Å². The molecule has 0 spiro atoms. The Kier molecular flexibility index (Phi) is 2.18. The van der Waals surface area contributed by atoms with Crippen LogP contribution < -0.4 is 5.32 Å². The molecule has 2 aromatic rings. The molecule has 1 aliphatic heterocycles. The van der Waals surface area contributed by atoms with Gasteiger partial charge in [0.15, 0.2) is 0 Å². The molecule has 17 heavy (non-hydrogen) atoms. The molecule has 3 rings (SSSR count). The highest BCUT2D eigenvalue weighted by Crippen LogP contribution is 2.11. The monoisotopic (exact) mass is 228 g/mol. The maximum absolute atomic E-state index is 11.3. The van der Waals surface area contributed by atoms with Gasteiger partial charge in [-0.15, -0.1) is 0 Å². The molecule has 1 aromatic heterocycles. The minimum Gasteiger partial charge on any atom is -0.342 e. The van der Waals surface area contributed by atoms with Crippen LogP contribution in [-0.4, -0.2) is 27.8 Å². The molecule has 0 saturated carbocycles. The van der Waals surface area contributed by atoms with E-state index in [9.17, 15) is 4.79 Å². The number of rotatable bonds is 2. The number of para-hydroxylation sites is 2. The molecule has 1 aromatic carbocycles. The van der Waals surface area contributed by atoms with Crippen molar-refractivity contribution in [1.29, 1.82) is 0 Å². The summed E-state index contributed by atoms with van der Waals surface area (Å²) in [6, 6.07) is 7.55. The van der Waals surface area contributed by atoms with E-state index < -0.39 is 0 Å². The van der Waals surface area contributed by atoms with Crippen LogP contribution in [0.2, 0.25) is 0 Å². The number of nitrogens with one attached hydrogen (secondary N) is 2. The van der Waals surface area contributed by atoms with Crippen LogP contribution in [0.1, 0.15) is 12.7 Å². The van der Waals surface area contributed by atoms with Crippen molar-refractivity contribution in [2.24, 2.45) is 4.99 Å². The predicted molar refractivity (Wildman–Crippen MR) is 64.8 cm³/mol. The summed E-state index contributed by atoms with van der Waals surface area (Å²) in [7, 11) is 0. The maximum Gasteiger partial charge on any atom is 0.249 e. The van der Waals surface area contributed by atoms with Crippen molar-refractivity contribution in [3.63, 3.8) is 0 Å². The van der Waals surface area contributed by atoms with E-state index in [0.717, 1.165) is 16.9 Å². The molecule has 0 aliphatic carbocycles. The van der Waals surface area contributed by atoms with Crippen LogP contribution in [0.15, 0.2) is 29.3 Å². The van der Waals surface area contributed by atoms with Gasteiger partial charge in [0.1, 0.15) is 17.7 Å². The Hall–Kier alpha value is -2.17. The van der Waals surface area contributed by atoms with Gasteiger partial charge in [-0.1, -0.05) is 12.1 Å². The summed E-state index contributed by atoms with van der Waals surface area (Å²) in [6.45, 7) is 1.78. The second-order valence-electron chi connectivity index (χ2n) is 4.12. The zero-order chi connectivity index (χ0) is 11.8. The summed E-state index contributed by atoms with van der Waals surface area (Å²) in [5, 5.41) is 2.75. The number of hydrogen-bond acceptors (Lipinski definition) is 3. The summed E-state index contributed by atoms with van der Waals surface area (Å²) in [4.78, 5) is 23.2. The second kappa shape index (κ2) is 3.69. The summed E-state index contributed by atoms with van der Waals surface area (Å²) >= 11 is 0. The lowest BCUT2D eigenvalue weighted by Crippen LogP contribution is -2.28. The van der Waals surface area contributed by atoms with Crippen LogP contribution in [0, 0.1) is 0 Å². The predicted octanol–water partition coefficient (Wildman–Crippen LogP) is 1.02. The minimum absolute atomic E-state index is 0.0453. The molecule has 0 saturated heterocycles. The van der Waals surface area contributed by atoms with Crippen LogP contribution in [0.3, 0.4) is 0 Å². The van der Waals surface area contributed by atoms with Gasteiger partial charge >= 0.3 is 0 Å². The third-order valence-corrected chi connectivity index (χ3v) is 2.77. The third kappa shape index (κ3) is 1.80. The van der Waals surface area contributed by atoms with Gasteiger partial charge in [0, 0.05) is 0 Å². The summed E-state index contributed by atoms with van der Waals surface area (Å²) in [5.41, 5.74) is 1.93. The van der Waals surface area contributed by atoms with E-state index in [2.05, 4.69) is 20.3 Å². The zero-order valence-electron chi connectivity index (χ0n) is 9.40. The van der Waals surface area contributed by atoms with Crippen LogP contribution >= 0.6 is 0 Å². The molecular formula is C12H12N4O. The van der Waals surface area contributed by atoms with Crippen molar-refractivity contribution in [3.05, 3.63) is 30.1 Å². The minimum atomic E-state index is -0.283. The number of amidine groups is 1. The number of carbonyl (C=O) groups is 1. The fourth-order valence-electron chi connectivity index (χ4n) is 1.91. The van der Waals surface area contributed by atoms with Gasteiger partial charge in [-0.2, -0.15) is 0 Å². The molecule has 1 amide bonds. The molecule has 86 valence electrons. The summed E-state index contributed by atoms with van der Waals surface area (Å²) in [5.74, 6) is 1.46. The highest BCUT2D eigenvalue weighted by atomic mass is 16.2. The van der Waals surface area contributed by atoms with E-state index in [-0.39, 0.29) is 11.9 Å². The lowest BCUT2D eigenvalue weighted by atomic mass is 10.3. The first-order valence-corrected chi connectivity index (χ1v) is 5.53. The summed E-state index contributed by atoms with van der Waals surface area (Å²) in [6.07, 6.45) is 0.533. The first-order valence-electron chi connectivity index (χ1n) is 5.53. The van der Waals surface area contributed by atoms with Gasteiger partial charge in [0.2, 0.25) is 5.91 Å². The molecule has 5 heteroatoms. The molecule has 1 aliphatic rings. The normalized spacial score (nSPS) is 19.5. The SMILES string of the molecule is CC1N=C(Cc2nc3ccccc3[nH]2)NC1=O. The van der Waals surface area contributed by atoms with Crippen LogP contribution in [0.4, 0.5) is 0 Å². The molecule has 0 radical (unpaired) electrons. The average Bonchev–Trinajstić information content (AvgIpc) is 2.83. The van der Waals surface area contributed by atoms with Crippen LogP contribution in [-0.2, 0) is 11.2 Å². The molecule has 1 unspecified atom stereocenters. The van der Waals surface area contributed by atoms with E-state index in [1.807, 2.05) is 24.3 Å². The molecule has 2 N–H and O–H groups in total. The molecule has 5 nitrogen and oxygen atoms in total. The first kappa shape index (κ1) is 10.0. The number of fused-ring (bicyclic) bond motifs is 1. The Bertz CT molecular complexity index is 581. The van der Waals surface area contributed by atoms with Crippen molar-refractivity contribution in [2.75, 3.05) is 0 Å². The smallest absolute Gasteiger partial charge is 0.249 e. The molecule has 0 bridgehead atoms.